The maximum atomic E-state index is 4.01. The van der Waals surface area contributed by atoms with Crippen LogP contribution < -0.4 is 0 Å². The van der Waals surface area contributed by atoms with Crippen molar-refractivity contribution in [3.63, 3.8) is 0 Å². The first-order chi connectivity index (χ1) is 4.57. The lowest BCUT2D eigenvalue weighted by atomic mass is 10.6. The fourth-order valence-corrected chi connectivity index (χ4v) is 0.447. The molecular weight excluding hydrogens is 126 g/mol. The van der Waals surface area contributed by atoms with Crippen LogP contribution in [0.5, 0.6) is 0 Å². The average Bonchev–Trinajstić information content (AvgIpc) is 1.81. The molecule has 0 amide bonds. The predicted molar refractivity (Wildman–Crippen MR) is 45.5 cm³/mol. The summed E-state index contributed by atoms with van der Waals surface area (Å²) in [6, 6.07) is 0. The first kappa shape index (κ1) is 8.88. The molecule has 0 aliphatic rings. The fraction of sp³-hybridized carbons (Fsp3) is 0.429. The van der Waals surface area contributed by atoms with Crippen LogP contribution in [-0.4, -0.2) is 31.7 Å². The van der Waals surface area contributed by atoms with E-state index in [4.69, 9.17) is 0 Å². The second-order valence-electron chi connectivity index (χ2n) is 2.20. The molecule has 0 N–H and O–H groups in total. The van der Waals surface area contributed by atoms with Crippen molar-refractivity contribution in [3.8, 4) is 0 Å². The molecule has 3 nitrogen and oxygen atoms in total. The summed E-state index contributed by atoms with van der Waals surface area (Å²) < 4.78 is 0. The lowest BCUT2D eigenvalue weighted by molar-refractivity contribution is 0.614. The quantitative estimate of drug-likeness (QED) is 0.395. The van der Waals surface area contributed by atoms with E-state index >= 15 is 0 Å². The molecule has 0 bridgehead atoms. The Hall–Kier alpha value is -1.12. The highest BCUT2D eigenvalue weighted by Crippen LogP contribution is 1.93. The minimum atomic E-state index is 0.590. The number of rotatable bonds is 1. The van der Waals surface area contributed by atoms with Crippen molar-refractivity contribution in [2.45, 2.75) is 6.92 Å². The van der Waals surface area contributed by atoms with E-state index in [0.29, 0.717) is 5.96 Å². The van der Waals surface area contributed by atoms with Gasteiger partial charge in [-0.05, 0) is 13.6 Å². The van der Waals surface area contributed by atoms with Crippen LogP contribution in [0.25, 0.3) is 0 Å². The smallest absolute Gasteiger partial charge is 0.224 e. The molecule has 0 rings (SSSR count). The molecule has 0 spiro atoms. The largest absolute Gasteiger partial charge is 0.347 e. The highest BCUT2D eigenvalue weighted by Gasteiger charge is 1.94. The second-order valence-corrected chi connectivity index (χ2v) is 2.20. The molecule has 10 heavy (non-hydrogen) atoms. The molecule has 0 atom stereocenters. The Morgan fingerprint density at radius 3 is 2.00 bits per heavy atom. The van der Waals surface area contributed by atoms with Crippen LogP contribution in [0.3, 0.4) is 0 Å². The molecule has 0 aromatic heterocycles. The van der Waals surface area contributed by atoms with Crippen molar-refractivity contribution < 1.29 is 0 Å². The Morgan fingerprint density at radius 1 is 1.40 bits per heavy atom. The molecule has 0 aromatic rings. The zero-order chi connectivity index (χ0) is 8.15. The molecular formula is C7H13N3. The maximum Gasteiger partial charge on any atom is 0.224 e. The lowest BCUT2D eigenvalue weighted by Crippen LogP contribution is -2.19. The molecule has 56 valence electrons. The number of aliphatic imine (C=N–C) groups is 2. The summed E-state index contributed by atoms with van der Waals surface area (Å²) in [5, 5.41) is 0. The molecule has 0 aromatic carbocycles. The average molecular weight is 139 g/mol. The van der Waals surface area contributed by atoms with Gasteiger partial charge in [0.2, 0.25) is 5.96 Å². The number of nitrogens with zero attached hydrogens (tertiary/aromatic N) is 3. The number of hydrogen-bond acceptors (Lipinski definition) is 1. The van der Waals surface area contributed by atoms with Gasteiger partial charge in [0.1, 0.15) is 0 Å². The first-order valence-corrected chi connectivity index (χ1v) is 2.96. The van der Waals surface area contributed by atoms with Crippen LogP contribution in [0, 0.1) is 0 Å². The fourth-order valence-electron chi connectivity index (χ4n) is 0.447. The van der Waals surface area contributed by atoms with E-state index in [-0.39, 0.29) is 0 Å². The van der Waals surface area contributed by atoms with E-state index in [0.717, 1.165) is 5.70 Å². The van der Waals surface area contributed by atoms with Gasteiger partial charge in [0.05, 0.1) is 0 Å². The normalized spacial score (nSPS) is 10.9. The van der Waals surface area contributed by atoms with Gasteiger partial charge in [0.25, 0.3) is 0 Å². The summed E-state index contributed by atoms with van der Waals surface area (Å²) in [6.07, 6.45) is 0. The van der Waals surface area contributed by atoms with Crippen molar-refractivity contribution in [2.24, 2.45) is 9.98 Å². The standard InChI is InChI=1S/C7H13N3/c1-6(2)9-7(8-3)10(4)5/h1,3H2,2,4-5H3. The Labute approximate surface area is 61.8 Å². The first-order valence-electron chi connectivity index (χ1n) is 2.96. The lowest BCUT2D eigenvalue weighted by Gasteiger charge is -2.09. The zero-order valence-electron chi connectivity index (χ0n) is 6.76. The second kappa shape index (κ2) is 3.82. The Balaban J connectivity index is 4.33. The molecule has 0 unspecified atom stereocenters. The van der Waals surface area contributed by atoms with Gasteiger partial charge in [-0.25, -0.2) is 9.98 Å². The molecule has 0 saturated carbocycles. The van der Waals surface area contributed by atoms with Gasteiger partial charge in [-0.1, -0.05) is 6.58 Å². The van der Waals surface area contributed by atoms with Gasteiger partial charge in [-0.2, -0.15) is 0 Å². The molecule has 3 heteroatoms. The summed E-state index contributed by atoms with van der Waals surface area (Å²) in [5.74, 6) is 0.590. The molecule has 0 saturated heterocycles. The van der Waals surface area contributed by atoms with Crippen LogP contribution in [0.4, 0.5) is 0 Å². The van der Waals surface area contributed by atoms with E-state index in [1.165, 1.54) is 0 Å². The van der Waals surface area contributed by atoms with Gasteiger partial charge in [-0.3, -0.25) is 0 Å². The van der Waals surface area contributed by atoms with Crippen molar-refractivity contribution >= 4 is 12.7 Å². The third kappa shape index (κ3) is 3.02. The van der Waals surface area contributed by atoms with Gasteiger partial charge >= 0.3 is 0 Å². The van der Waals surface area contributed by atoms with Crippen LogP contribution in [0.1, 0.15) is 6.92 Å². The number of guanidine groups is 1. The minimum Gasteiger partial charge on any atom is -0.347 e. The Bertz CT molecular complexity index is 168. The van der Waals surface area contributed by atoms with E-state index in [9.17, 15) is 0 Å². The number of allylic oxidation sites excluding steroid dienone is 1. The zero-order valence-corrected chi connectivity index (χ0v) is 6.76. The molecule has 0 fully saturated rings. The summed E-state index contributed by atoms with van der Waals surface area (Å²) in [6.45, 7) is 8.81. The maximum absolute atomic E-state index is 4.01. The number of hydrogen-bond donors (Lipinski definition) is 0. The van der Waals surface area contributed by atoms with Crippen molar-refractivity contribution in [3.05, 3.63) is 12.3 Å². The molecule has 0 aliphatic heterocycles. The molecule has 0 heterocycles. The highest BCUT2D eigenvalue weighted by molar-refractivity contribution is 5.84. The highest BCUT2D eigenvalue weighted by atomic mass is 15.2. The topological polar surface area (TPSA) is 28.0 Å². The van der Waals surface area contributed by atoms with Crippen molar-refractivity contribution in [1.29, 1.82) is 0 Å². The van der Waals surface area contributed by atoms with Crippen LogP contribution in [0.15, 0.2) is 22.3 Å². The predicted octanol–water partition coefficient (Wildman–Crippen LogP) is 1.14. The van der Waals surface area contributed by atoms with Crippen LogP contribution in [-0.2, 0) is 0 Å². The van der Waals surface area contributed by atoms with Gasteiger partial charge < -0.3 is 4.90 Å². The molecule has 0 radical (unpaired) electrons. The van der Waals surface area contributed by atoms with Crippen molar-refractivity contribution in [1.82, 2.24) is 4.90 Å². The summed E-state index contributed by atoms with van der Waals surface area (Å²) in [7, 11) is 3.72. The summed E-state index contributed by atoms with van der Waals surface area (Å²) in [5.41, 5.74) is 0.733. The van der Waals surface area contributed by atoms with Gasteiger partial charge in [0.15, 0.2) is 0 Å². The van der Waals surface area contributed by atoms with Crippen LogP contribution in [0.2, 0.25) is 0 Å². The van der Waals surface area contributed by atoms with E-state index in [1.54, 1.807) is 4.90 Å². The SMILES string of the molecule is C=NC(=NC(=C)C)N(C)C. The Morgan fingerprint density at radius 2 is 1.90 bits per heavy atom. The van der Waals surface area contributed by atoms with Gasteiger partial charge in [0, 0.05) is 19.8 Å². The summed E-state index contributed by atoms with van der Waals surface area (Å²) in [4.78, 5) is 9.49. The van der Waals surface area contributed by atoms with Crippen molar-refractivity contribution in [2.75, 3.05) is 14.1 Å². The third-order valence-electron chi connectivity index (χ3n) is 0.832. The van der Waals surface area contributed by atoms with E-state index in [1.807, 2.05) is 21.0 Å². The van der Waals surface area contributed by atoms with E-state index < -0.39 is 0 Å². The Kier molecular flexibility index (Phi) is 3.39. The van der Waals surface area contributed by atoms with E-state index in [2.05, 4.69) is 23.3 Å². The molecule has 0 aliphatic carbocycles. The minimum absolute atomic E-state index is 0.590. The monoisotopic (exact) mass is 139 g/mol. The summed E-state index contributed by atoms with van der Waals surface area (Å²) >= 11 is 0. The van der Waals surface area contributed by atoms with Crippen LogP contribution >= 0.6 is 0 Å². The van der Waals surface area contributed by atoms with Gasteiger partial charge in [-0.15, -0.1) is 0 Å². The third-order valence-corrected chi connectivity index (χ3v) is 0.832.